The van der Waals surface area contributed by atoms with Crippen LogP contribution in [0.3, 0.4) is 0 Å². The number of esters is 3. The molecule has 1 unspecified atom stereocenters. The van der Waals surface area contributed by atoms with E-state index in [1.807, 2.05) is 0 Å². The molecule has 0 aliphatic carbocycles. The van der Waals surface area contributed by atoms with Crippen molar-refractivity contribution >= 4 is 17.9 Å². The number of ether oxygens (including phenoxy) is 3. The number of carbonyl (C=O) groups is 3. The van der Waals surface area contributed by atoms with Gasteiger partial charge in [0.15, 0.2) is 6.10 Å². The normalized spacial score (nSPS) is 13.0. The summed E-state index contributed by atoms with van der Waals surface area (Å²) < 4.78 is 16.7. The first-order chi connectivity index (χ1) is 31.0. The number of unbranched alkanes of at least 4 members (excludes halogenated alkanes) is 17. The van der Waals surface area contributed by atoms with Gasteiger partial charge in [-0.25, -0.2) is 0 Å². The molecule has 1 atom stereocenters. The summed E-state index contributed by atoms with van der Waals surface area (Å²) in [5.74, 6) is -1.000. The van der Waals surface area contributed by atoms with Crippen LogP contribution in [0.1, 0.15) is 213 Å². The average Bonchev–Trinajstić information content (AvgIpc) is 3.28. The molecule has 6 nitrogen and oxygen atoms in total. The van der Waals surface area contributed by atoms with Crippen molar-refractivity contribution in [3.8, 4) is 0 Å². The Morgan fingerprint density at radius 2 is 0.714 bits per heavy atom. The Labute approximate surface area is 387 Å². The molecule has 0 fully saturated rings. The van der Waals surface area contributed by atoms with Crippen molar-refractivity contribution in [2.75, 3.05) is 13.2 Å². The second kappa shape index (κ2) is 50.7. The molecule has 0 saturated carbocycles. The topological polar surface area (TPSA) is 78.9 Å². The Bertz CT molecular complexity index is 1330. The molecule has 0 saturated heterocycles. The highest BCUT2D eigenvalue weighted by Gasteiger charge is 2.19. The summed E-state index contributed by atoms with van der Waals surface area (Å²) >= 11 is 0. The van der Waals surface area contributed by atoms with Crippen molar-refractivity contribution in [3.63, 3.8) is 0 Å². The Hall–Kier alpha value is -3.93. The second-order valence-electron chi connectivity index (χ2n) is 16.4. The minimum atomic E-state index is -0.813. The third-order valence-corrected chi connectivity index (χ3v) is 10.3. The number of hydrogen-bond donors (Lipinski definition) is 0. The maximum absolute atomic E-state index is 12.8. The van der Waals surface area contributed by atoms with Gasteiger partial charge in [0, 0.05) is 19.3 Å². The molecule has 0 aliphatic heterocycles. The molecular formula is C57H92O6. The zero-order chi connectivity index (χ0) is 45.8. The van der Waals surface area contributed by atoms with Crippen LogP contribution in [0.2, 0.25) is 0 Å². The van der Waals surface area contributed by atoms with E-state index >= 15 is 0 Å². The highest BCUT2D eigenvalue weighted by Crippen LogP contribution is 2.13. The predicted octanol–water partition coefficient (Wildman–Crippen LogP) is 16.8. The molecule has 0 radical (unpaired) electrons. The van der Waals surface area contributed by atoms with Crippen molar-refractivity contribution in [1.29, 1.82) is 0 Å². The van der Waals surface area contributed by atoms with Gasteiger partial charge in [0.05, 0.1) is 0 Å². The van der Waals surface area contributed by atoms with Crippen LogP contribution in [0, 0.1) is 0 Å². The molecule has 356 valence electrons. The summed E-state index contributed by atoms with van der Waals surface area (Å²) in [6, 6.07) is 0. The first kappa shape index (κ1) is 59.1. The number of carbonyl (C=O) groups excluding carboxylic acids is 3. The number of allylic oxidation sites excluding steroid dienone is 18. The molecule has 0 N–H and O–H groups in total. The fourth-order valence-corrected chi connectivity index (χ4v) is 6.53. The van der Waals surface area contributed by atoms with Crippen LogP contribution >= 0.6 is 0 Å². The molecule has 0 aromatic heterocycles. The Kier molecular flexibility index (Phi) is 47.5. The number of hydrogen-bond acceptors (Lipinski definition) is 6. The molecule has 0 aromatic rings. The van der Waals surface area contributed by atoms with Crippen molar-refractivity contribution in [1.82, 2.24) is 0 Å². The number of rotatable bonds is 44. The van der Waals surface area contributed by atoms with E-state index in [0.717, 1.165) is 103 Å². The first-order valence-corrected chi connectivity index (χ1v) is 25.4. The molecule has 0 heterocycles. The van der Waals surface area contributed by atoms with Gasteiger partial charge >= 0.3 is 17.9 Å². The van der Waals surface area contributed by atoms with Gasteiger partial charge in [0.1, 0.15) is 13.2 Å². The predicted molar refractivity (Wildman–Crippen MR) is 270 cm³/mol. The highest BCUT2D eigenvalue weighted by molar-refractivity contribution is 5.71. The zero-order valence-electron chi connectivity index (χ0n) is 40.5. The molecule has 63 heavy (non-hydrogen) atoms. The summed E-state index contributed by atoms with van der Waals surface area (Å²) in [5, 5.41) is 0. The largest absolute Gasteiger partial charge is 0.462 e. The fraction of sp³-hybridized carbons (Fsp3) is 0.632. The van der Waals surface area contributed by atoms with E-state index < -0.39 is 6.10 Å². The van der Waals surface area contributed by atoms with Crippen molar-refractivity contribution in [3.05, 3.63) is 109 Å². The van der Waals surface area contributed by atoms with Crippen LogP contribution in [0.5, 0.6) is 0 Å². The standard InChI is InChI=1S/C57H92O6/c1-4-7-10-13-16-19-22-25-27-28-30-32-35-38-41-44-47-50-56(59)62-53-54(52-61-55(58)49-46-43-40-37-34-31-24-21-18-15-12-9-6-3)63-57(60)51-48-45-42-39-36-33-29-26-23-20-17-14-11-8-5-2/h7,9-10,12,15-16,18-21,23-25,27,30,32,38,41,54H,4-6,8,11,13-14,17,22,26,28-29,31,33-37,39-40,42-53H2,1-3H3/b10-7-,12-9-,18-15-,19-16-,23-20-,24-21-,27-25-,32-30-,41-38-. The van der Waals surface area contributed by atoms with E-state index in [1.165, 1.54) is 64.2 Å². The van der Waals surface area contributed by atoms with E-state index in [9.17, 15) is 14.4 Å². The lowest BCUT2D eigenvalue weighted by Gasteiger charge is -2.18. The molecule has 0 aliphatic rings. The van der Waals surface area contributed by atoms with Crippen molar-refractivity contribution < 1.29 is 28.6 Å². The van der Waals surface area contributed by atoms with Gasteiger partial charge in [-0.15, -0.1) is 0 Å². The highest BCUT2D eigenvalue weighted by atomic mass is 16.6. The molecule has 0 amide bonds. The van der Waals surface area contributed by atoms with E-state index in [-0.39, 0.29) is 37.5 Å². The molecule has 0 bridgehead atoms. The third-order valence-electron chi connectivity index (χ3n) is 10.3. The van der Waals surface area contributed by atoms with Crippen LogP contribution < -0.4 is 0 Å². The molecular weight excluding hydrogens is 781 g/mol. The van der Waals surface area contributed by atoms with Gasteiger partial charge in [0.25, 0.3) is 0 Å². The van der Waals surface area contributed by atoms with Crippen LogP contribution in [0.15, 0.2) is 109 Å². The minimum absolute atomic E-state index is 0.110. The van der Waals surface area contributed by atoms with E-state index in [1.54, 1.807) is 0 Å². The Morgan fingerprint density at radius 1 is 0.349 bits per heavy atom. The van der Waals surface area contributed by atoms with Crippen molar-refractivity contribution in [2.24, 2.45) is 0 Å². The molecule has 6 heteroatoms. The summed E-state index contributed by atoms with van der Waals surface area (Å²) in [5.41, 5.74) is 0. The molecule has 0 rings (SSSR count). The van der Waals surface area contributed by atoms with Gasteiger partial charge in [-0.05, 0) is 103 Å². The quantitative estimate of drug-likeness (QED) is 0.0199. The summed E-state index contributed by atoms with van der Waals surface area (Å²) in [6.07, 6.45) is 67.9. The second-order valence-corrected chi connectivity index (χ2v) is 16.4. The van der Waals surface area contributed by atoms with E-state index in [4.69, 9.17) is 14.2 Å². The molecule has 0 spiro atoms. The lowest BCUT2D eigenvalue weighted by Crippen LogP contribution is -2.30. The van der Waals surface area contributed by atoms with Gasteiger partial charge in [-0.3, -0.25) is 14.4 Å². The van der Waals surface area contributed by atoms with Gasteiger partial charge in [0.2, 0.25) is 0 Å². The lowest BCUT2D eigenvalue weighted by molar-refractivity contribution is -0.167. The average molecular weight is 873 g/mol. The van der Waals surface area contributed by atoms with Gasteiger partial charge in [-0.1, -0.05) is 201 Å². The van der Waals surface area contributed by atoms with Crippen molar-refractivity contribution in [2.45, 2.75) is 219 Å². The van der Waals surface area contributed by atoms with Crippen LogP contribution in [0.4, 0.5) is 0 Å². The van der Waals surface area contributed by atoms with Crippen LogP contribution in [-0.2, 0) is 28.6 Å². The molecule has 0 aromatic carbocycles. The zero-order valence-corrected chi connectivity index (χ0v) is 40.5. The van der Waals surface area contributed by atoms with E-state index in [2.05, 4.69) is 130 Å². The van der Waals surface area contributed by atoms with Gasteiger partial charge in [-0.2, -0.15) is 0 Å². The Morgan fingerprint density at radius 3 is 1.22 bits per heavy atom. The lowest BCUT2D eigenvalue weighted by atomic mass is 10.1. The third kappa shape index (κ3) is 49.0. The smallest absolute Gasteiger partial charge is 0.306 e. The monoisotopic (exact) mass is 873 g/mol. The van der Waals surface area contributed by atoms with E-state index in [0.29, 0.717) is 19.3 Å². The Balaban J connectivity index is 4.52. The fourth-order valence-electron chi connectivity index (χ4n) is 6.53. The van der Waals surface area contributed by atoms with Crippen LogP contribution in [-0.4, -0.2) is 37.2 Å². The maximum atomic E-state index is 12.8. The first-order valence-electron chi connectivity index (χ1n) is 25.4. The van der Waals surface area contributed by atoms with Gasteiger partial charge < -0.3 is 14.2 Å². The van der Waals surface area contributed by atoms with Crippen LogP contribution in [0.25, 0.3) is 0 Å². The summed E-state index contributed by atoms with van der Waals surface area (Å²) in [7, 11) is 0. The summed E-state index contributed by atoms with van der Waals surface area (Å²) in [6.45, 7) is 6.29. The maximum Gasteiger partial charge on any atom is 0.306 e. The SMILES string of the molecule is CC\C=C/C=C\C=C/CCCCCCCC(=O)OCC(COC(=O)CCC/C=C\C/C=C\C/C=C\C/C=C\C/C=C\CC)OC(=O)CCCCCCCCC/C=C\CCCCCC. The minimum Gasteiger partial charge on any atom is -0.462 e. The summed E-state index contributed by atoms with van der Waals surface area (Å²) in [4.78, 5) is 37.9.